The molecule has 0 bridgehead atoms. The van der Waals surface area contributed by atoms with Gasteiger partial charge in [-0.2, -0.15) is 0 Å². The van der Waals surface area contributed by atoms with Gasteiger partial charge in [-0.05, 0) is 67.0 Å². The van der Waals surface area contributed by atoms with Gasteiger partial charge in [-0.1, -0.05) is 157 Å². The van der Waals surface area contributed by atoms with Crippen molar-refractivity contribution >= 4 is 43.5 Å². The van der Waals surface area contributed by atoms with Crippen LogP contribution in [-0.4, -0.2) is 0 Å². The predicted molar refractivity (Wildman–Crippen MR) is 190 cm³/mol. The third-order valence-electron chi connectivity index (χ3n) is 7.20. The third kappa shape index (κ3) is 4.09. The Labute approximate surface area is 299 Å². The van der Waals surface area contributed by atoms with Crippen LogP contribution >= 0.6 is 0 Å². The van der Waals surface area contributed by atoms with Gasteiger partial charge in [0.1, 0.15) is 11.2 Å². The lowest BCUT2D eigenvalue weighted by Gasteiger charge is -2.19. The summed E-state index contributed by atoms with van der Waals surface area (Å²) in [4.78, 5) is 0. The molecule has 1 heterocycles. The summed E-state index contributed by atoms with van der Waals surface area (Å²) in [6.45, 7) is 0. The van der Waals surface area contributed by atoms with Gasteiger partial charge in [0.05, 0.1) is 37.0 Å². The highest BCUT2D eigenvalue weighted by atomic mass is 16.3. The zero-order chi connectivity index (χ0) is 53.2. The van der Waals surface area contributed by atoms with Crippen molar-refractivity contribution in [2.75, 3.05) is 0 Å². The fourth-order valence-electron chi connectivity index (χ4n) is 5.36. The van der Waals surface area contributed by atoms with Crippen LogP contribution in [0.3, 0.4) is 0 Å². The lowest BCUT2D eigenvalue weighted by Crippen LogP contribution is -1.92. The molecule has 9 rings (SSSR count). The average Bonchev–Trinajstić information content (AvgIpc) is 3.73. The third-order valence-corrected chi connectivity index (χ3v) is 7.20. The second-order valence-electron chi connectivity index (χ2n) is 9.59. The van der Waals surface area contributed by atoms with Crippen molar-refractivity contribution < 1.29 is 41.4 Å². The predicted octanol–water partition coefficient (Wildman–Crippen LogP) is 12.6. The Morgan fingerprint density at radius 3 is 1.51 bits per heavy atom. The van der Waals surface area contributed by atoms with Crippen LogP contribution in [0.5, 0.6) is 0 Å². The van der Waals surface area contributed by atoms with Crippen molar-refractivity contribution in [1.82, 2.24) is 0 Å². The lowest BCUT2D eigenvalue weighted by molar-refractivity contribution is 0.670. The van der Waals surface area contributed by atoms with E-state index in [1.54, 1.807) is 0 Å². The highest BCUT2D eigenvalue weighted by Crippen LogP contribution is 2.48. The van der Waals surface area contributed by atoms with Gasteiger partial charge < -0.3 is 4.42 Å². The second-order valence-corrected chi connectivity index (χ2v) is 9.59. The maximum absolute atomic E-state index is 9.49. The molecule has 1 nitrogen and oxygen atoms in total. The lowest BCUT2D eigenvalue weighted by atomic mass is 9.83. The van der Waals surface area contributed by atoms with E-state index in [4.69, 9.17) is 30.5 Å². The Morgan fingerprint density at radius 2 is 0.867 bits per heavy atom. The van der Waals surface area contributed by atoms with E-state index in [1.807, 2.05) is 0 Å². The summed E-state index contributed by atoms with van der Waals surface area (Å²) in [6, 6.07) is -23.9. The molecular weight excluding hydrogens is 544 g/mol. The van der Waals surface area contributed by atoms with E-state index >= 15 is 0 Å². The smallest absolute Gasteiger partial charge is 0.143 e. The van der Waals surface area contributed by atoms with Gasteiger partial charge in [0.15, 0.2) is 0 Å². The molecule has 0 N–H and O–H groups in total. The van der Waals surface area contributed by atoms with Crippen molar-refractivity contribution in [3.8, 4) is 44.5 Å². The number of para-hydroxylation sites is 1. The van der Waals surface area contributed by atoms with Gasteiger partial charge in [-0.15, -0.1) is 0 Å². The standard InChI is InChI=1S/C44H28O/c1-3-14-29(15-4-1)31-26-27-41-40(28-31)38-24-13-25-39(44(38)45-41)43-36-22-11-9-20-34(36)42(35-21-10-12-23-37(35)43)33-19-8-7-18-32(33)30-16-5-2-6-17-30/h1-28H/i1D,2D,3D,4D,5D,6D,7D,8D,9D,10D,11D,12D,13D,14D,15D,16D,17D,18D,19D,20D,21D,22D,23D,25D,26D,27D,28D. The summed E-state index contributed by atoms with van der Waals surface area (Å²) >= 11 is 0. The number of rotatable bonds is 4. The summed E-state index contributed by atoms with van der Waals surface area (Å²) < 4.78 is 247. The van der Waals surface area contributed by atoms with E-state index in [9.17, 15) is 11.0 Å². The van der Waals surface area contributed by atoms with Crippen LogP contribution in [0, 0.1) is 0 Å². The zero-order valence-electron chi connectivity index (χ0n) is 49.5. The largest absolute Gasteiger partial charge is 0.455 e. The van der Waals surface area contributed by atoms with E-state index in [0.717, 1.165) is 6.07 Å². The van der Waals surface area contributed by atoms with Gasteiger partial charge in [-0.25, -0.2) is 0 Å². The molecule has 1 heteroatoms. The minimum Gasteiger partial charge on any atom is -0.455 e. The molecular formula is C44H28O. The Morgan fingerprint density at radius 1 is 0.356 bits per heavy atom. The quantitative estimate of drug-likeness (QED) is 0.183. The molecule has 0 aliphatic heterocycles. The molecule has 0 amide bonds. The van der Waals surface area contributed by atoms with Crippen molar-refractivity contribution in [1.29, 1.82) is 0 Å². The summed E-state index contributed by atoms with van der Waals surface area (Å²) in [5.41, 5.74) is -6.94. The van der Waals surface area contributed by atoms with Crippen LogP contribution < -0.4 is 0 Å². The van der Waals surface area contributed by atoms with Crippen LogP contribution in [0.15, 0.2) is 174 Å². The fraction of sp³-hybridized carbons (Fsp3) is 0. The van der Waals surface area contributed by atoms with Crippen LogP contribution in [0.2, 0.25) is 0 Å². The fourth-order valence-corrected chi connectivity index (χ4v) is 5.36. The van der Waals surface area contributed by atoms with Gasteiger partial charge in [-0.3, -0.25) is 0 Å². The Balaban J connectivity index is 1.61. The second kappa shape index (κ2) is 10.4. The number of hydrogen-bond acceptors (Lipinski definition) is 1. The molecule has 9 aromatic rings. The van der Waals surface area contributed by atoms with E-state index in [-0.39, 0.29) is 5.39 Å². The number of benzene rings is 8. The highest BCUT2D eigenvalue weighted by molar-refractivity contribution is 6.25. The van der Waals surface area contributed by atoms with E-state index in [2.05, 4.69) is 0 Å². The topological polar surface area (TPSA) is 13.1 Å². The van der Waals surface area contributed by atoms with Crippen molar-refractivity contribution in [3.05, 3.63) is 169 Å². The molecule has 0 fully saturated rings. The first kappa shape index (κ1) is 10.3. The normalized spacial score (nSPS) is 20.0. The SMILES string of the molecule is [2H]c1cc2c(oc3c([2H])c([2H])c(-c4c([2H])c([2H])c([2H])c([2H])c4[2H])c([2H])c32)c(-c2c3c([2H])c([2H])c([2H])c([2H])c3c(-c3c([2H])c([2H])c([2H])c([2H])c3-c3c([2H])c([2H])c([2H])c([2H])c3[2H])c3c([2H])c([2H])c([2H])c([2H])c23)c1[2H]. The molecule has 0 saturated heterocycles. The molecule has 0 aliphatic carbocycles. The molecule has 1 aromatic heterocycles. The van der Waals surface area contributed by atoms with Gasteiger partial charge in [0.25, 0.3) is 0 Å². The monoisotopic (exact) mass is 599 g/mol. The minimum atomic E-state index is -1.05. The summed E-state index contributed by atoms with van der Waals surface area (Å²) in [5.74, 6) is 0. The van der Waals surface area contributed by atoms with Crippen LogP contribution in [0.4, 0.5) is 0 Å². The Hall–Kier alpha value is -5.92. The molecule has 0 spiro atoms. The van der Waals surface area contributed by atoms with Crippen LogP contribution in [-0.2, 0) is 0 Å². The molecule has 0 aliphatic rings. The number of furan rings is 1. The van der Waals surface area contributed by atoms with E-state index < -0.39 is 246 Å². The molecule has 210 valence electrons. The van der Waals surface area contributed by atoms with E-state index in [1.165, 1.54) is 0 Å². The van der Waals surface area contributed by atoms with Gasteiger partial charge in [0, 0.05) is 21.9 Å². The average molecular weight is 600 g/mol. The summed E-state index contributed by atoms with van der Waals surface area (Å²) in [7, 11) is 0. The highest BCUT2D eigenvalue weighted by Gasteiger charge is 2.21. The molecule has 8 aromatic carbocycles. The molecule has 0 unspecified atom stereocenters. The maximum atomic E-state index is 9.49. The molecule has 0 radical (unpaired) electrons. The number of fused-ring (bicyclic) bond motifs is 5. The first-order valence-corrected chi connectivity index (χ1v) is 13.2. The van der Waals surface area contributed by atoms with E-state index in [0.29, 0.717) is 0 Å². The molecule has 45 heavy (non-hydrogen) atoms. The molecule has 0 saturated carbocycles. The van der Waals surface area contributed by atoms with Crippen molar-refractivity contribution in [3.63, 3.8) is 0 Å². The van der Waals surface area contributed by atoms with Gasteiger partial charge in [0.2, 0.25) is 0 Å². The van der Waals surface area contributed by atoms with Crippen LogP contribution in [0.1, 0.15) is 37.0 Å². The maximum Gasteiger partial charge on any atom is 0.143 e. The van der Waals surface area contributed by atoms with Gasteiger partial charge >= 0.3 is 0 Å². The first-order chi connectivity index (χ1) is 33.6. The Kier molecular flexibility index (Phi) is 2.38. The van der Waals surface area contributed by atoms with Crippen molar-refractivity contribution in [2.24, 2.45) is 0 Å². The molecule has 0 atom stereocenters. The first-order valence-electron chi connectivity index (χ1n) is 26.7. The summed E-state index contributed by atoms with van der Waals surface area (Å²) in [6.07, 6.45) is 0. The zero-order valence-corrected chi connectivity index (χ0v) is 22.5. The minimum absolute atomic E-state index is 0.319. The summed E-state index contributed by atoms with van der Waals surface area (Å²) in [5, 5.41) is -3.64. The Bertz CT molecular complexity index is 3920. The van der Waals surface area contributed by atoms with Crippen LogP contribution in [0.25, 0.3) is 88.0 Å². The number of hydrogen-bond donors (Lipinski definition) is 0. The van der Waals surface area contributed by atoms with Crippen molar-refractivity contribution in [2.45, 2.75) is 0 Å².